The van der Waals surface area contributed by atoms with Gasteiger partial charge in [-0.2, -0.15) is 28.5 Å². The Morgan fingerprint density at radius 3 is 1.84 bits per heavy atom. The van der Waals surface area contributed by atoms with E-state index in [9.17, 15) is 69.0 Å². The molecule has 0 fully saturated rings. The molecule has 0 aliphatic carbocycles. The van der Waals surface area contributed by atoms with E-state index in [2.05, 4.69) is 53.4 Å². The van der Waals surface area contributed by atoms with Gasteiger partial charge in [0, 0.05) is 61.2 Å². The van der Waals surface area contributed by atoms with Crippen LogP contribution in [0.4, 0.5) is 18.9 Å². The summed E-state index contributed by atoms with van der Waals surface area (Å²) in [7, 11) is -4.76. The maximum Gasteiger partial charge on any atom is 0.416 e. The summed E-state index contributed by atoms with van der Waals surface area (Å²) in [6.07, 6.45) is 0.438. The lowest BCUT2D eigenvalue weighted by Crippen LogP contribution is -2.48. The molecule has 7 aromatic rings. The number of hydrogen-bond donors (Lipinski definition) is 2. The number of carbonyl (C=O) groups excluding carboxylic acids is 5. The molecule has 3 aliphatic rings. The molecule has 4 aromatic carbocycles. The number of sulfone groups is 2. The molecule has 6 heterocycles. The molecule has 33 heteroatoms. The fourth-order valence-electron chi connectivity index (χ4n) is 11.3. The Morgan fingerprint density at radius 2 is 1.33 bits per heavy atom. The summed E-state index contributed by atoms with van der Waals surface area (Å²) < 4.78 is 114. The van der Waals surface area contributed by atoms with E-state index in [0.717, 1.165) is 46.5 Å². The first-order valence-electron chi connectivity index (χ1n) is 32.0. The van der Waals surface area contributed by atoms with Crippen molar-refractivity contribution in [1.82, 2.24) is 28.9 Å². The van der Waals surface area contributed by atoms with Crippen molar-refractivity contribution in [2.75, 3.05) is 50.6 Å². The number of nitrogens with zero attached hydrogens (tertiary/aromatic N) is 9. The van der Waals surface area contributed by atoms with Gasteiger partial charge in [-0.25, -0.2) is 50.2 Å². The minimum absolute atomic E-state index is 0.0493. The quantitative estimate of drug-likeness (QED) is 0.0670. The highest BCUT2D eigenvalue weighted by Gasteiger charge is 2.50. The normalized spacial score (nSPS) is 15.2. The number of alkyl halides is 3. The van der Waals surface area contributed by atoms with Crippen molar-refractivity contribution in [1.29, 1.82) is 0 Å². The summed E-state index contributed by atoms with van der Waals surface area (Å²) in [5.74, 6) is -3.20. The van der Waals surface area contributed by atoms with Gasteiger partial charge < -0.3 is 34.0 Å². The number of hydrazone groups is 1. The first-order valence-corrected chi connectivity index (χ1v) is 36.5. The van der Waals surface area contributed by atoms with Gasteiger partial charge in [0.1, 0.15) is 29.0 Å². The van der Waals surface area contributed by atoms with Crippen LogP contribution in [0.25, 0.3) is 11.1 Å². The fourth-order valence-corrected chi connectivity index (χ4v) is 13.6. The van der Waals surface area contributed by atoms with Gasteiger partial charge in [0.25, 0.3) is 5.56 Å². The van der Waals surface area contributed by atoms with Crippen LogP contribution in [-0.2, 0) is 99.3 Å². The number of rotatable bonds is 16. The minimum atomic E-state index is -4.76. The zero-order valence-corrected chi connectivity index (χ0v) is 62.0. The Labute approximate surface area is 597 Å². The monoisotopic (exact) mass is 1500 g/mol. The third-order valence-corrected chi connectivity index (χ3v) is 19.2. The molecule has 0 saturated carbocycles. The summed E-state index contributed by atoms with van der Waals surface area (Å²) in [5, 5.41) is 37.9. The molecular weight excluding hydrogens is 1420 g/mol. The third kappa shape index (κ3) is 17.5. The van der Waals surface area contributed by atoms with Crippen molar-refractivity contribution in [3.05, 3.63) is 149 Å². The van der Waals surface area contributed by atoms with Crippen molar-refractivity contribution in [3.8, 4) is 28.8 Å². The molecule has 10 rings (SSSR count). The maximum atomic E-state index is 13.5. The SMILES string of the molecule is CCOC(=O)C1=NN(c2ccc(Cl)cc2Cl)C(C)(C(=O)OCC)C1.CCc1cc(C)cc(CC)c1-c1c(OC(=O)C(C)(C)C)n2n(c1=O)CCOCC2.Cc1c(C(=O)c2cnn(C)c2O)ccc(S(C)(=O)=O)c1C1=NOCC1.Cc1nn(C)c(O)c1C(=O)c1ccc(C(F)(F)F)cc1S(C)(=O)=O. The van der Waals surface area contributed by atoms with Crippen LogP contribution in [0.5, 0.6) is 17.6 Å². The van der Waals surface area contributed by atoms with E-state index in [1.165, 1.54) is 54.6 Å². The second-order valence-corrected chi connectivity index (χ2v) is 29.9. The number of carbonyl (C=O) groups is 5. The van der Waals surface area contributed by atoms with Crippen LogP contribution in [0.2, 0.25) is 10.0 Å². The van der Waals surface area contributed by atoms with Crippen LogP contribution in [0.1, 0.15) is 139 Å². The lowest BCUT2D eigenvalue weighted by molar-refractivity contribution is -0.148. The van der Waals surface area contributed by atoms with Gasteiger partial charge in [0.2, 0.25) is 23.4 Å². The van der Waals surface area contributed by atoms with E-state index >= 15 is 0 Å². The predicted octanol–water partition coefficient (Wildman–Crippen LogP) is 10.5. The van der Waals surface area contributed by atoms with Crippen molar-refractivity contribution in [3.63, 3.8) is 0 Å². The second kappa shape index (κ2) is 32.0. The molecule has 2 N–H and O–H groups in total. The van der Waals surface area contributed by atoms with Crippen LogP contribution in [0, 0.1) is 26.2 Å². The van der Waals surface area contributed by atoms with Crippen molar-refractivity contribution >= 4 is 89.5 Å². The molecule has 550 valence electrons. The van der Waals surface area contributed by atoms with Crippen molar-refractivity contribution < 1.29 is 88.0 Å². The minimum Gasteiger partial charge on any atom is -0.493 e. The molecule has 26 nitrogen and oxygen atoms in total. The molecule has 0 radical (unpaired) electrons. The van der Waals surface area contributed by atoms with E-state index < -0.39 is 82.2 Å². The second-order valence-electron chi connectivity index (χ2n) is 25.1. The van der Waals surface area contributed by atoms with Gasteiger partial charge in [-0.1, -0.05) is 59.9 Å². The number of aryl methyl sites for hydroxylation is 6. The highest BCUT2D eigenvalue weighted by Crippen LogP contribution is 2.41. The Hall–Kier alpha value is -9.17. The number of aromatic hydroxyl groups is 2. The largest absolute Gasteiger partial charge is 0.493 e. The van der Waals surface area contributed by atoms with Gasteiger partial charge in [-0.15, -0.1) is 0 Å². The van der Waals surface area contributed by atoms with E-state index in [0.29, 0.717) is 102 Å². The average Bonchev–Trinajstić information content (AvgIpc) is 1.55. The summed E-state index contributed by atoms with van der Waals surface area (Å²) in [6.45, 7) is 22.5. The van der Waals surface area contributed by atoms with E-state index in [1.54, 1.807) is 55.3 Å². The number of anilines is 1. The molecule has 1 unspecified atom stereocenters. The molecule has 0 spiro atoms. The summed E-state index contributed by atoms with van der Waals surface area (Å²) in [6, 6.07) is 13.7. The zero-order chi connectivity index (χ0) is 76.1. The van der Waals surface area contributed by atoms with E-state index in [-0.39, 0.29) is 70.0 Å². The number of halogens is 5. The third-order valence-electron chi connectivity index (χ3n) is 16.4. The van der Waals surface area contributed by atoms with Gasteiger partial charge >= 0.3 is 24.1 Å². The molecule has 3 aliphatic heterocycles. The maximum absolute atomic E-state index is 13.5. The zero-order valence-electron chi connectivity index (χ0n) is 58.9. The number of benzene rings is 4. The smallest absolute Gasteiger partial charge is 0.416 e. The fraction of sp³-hybridized carbons (Fsp3) is 0.420. The van der Waals surface area contributed by atoms with Crippen LogP contribution in [0.15, 0.2) is 91.7 Å². The van der Waals surface area contributed by atoms with Crippen LogP contribution >= 0.6 is 23.2 Å². The topological polar surface area (TPSA) is 331 Å². The predicted molar refractivity (Wildman–Crippen MR) is 373 cm³/mol. The summed E-state index contributed by atoms with van der Waals surface area (Å²) >= 11 is 12.2. The van der Waals surface area contributed by atoms with Gasteiger partial charge in [0.05, 0.1) is 88.6 Å². The molecule has 102 heavy (non-hydrogen) atoms. The van der Waals surface area contributed by atoms with Gasteiger partial charge in [-0.3, -0.25) is 19.2 Å². The van der Waals surface area contributed by atoms with Crippen LogP contribution < -0.4 is 15.3 Å². The van der Waals surface area contributed by atoms with Gasteiger partial charge in [-0.05, 0) is 146 Å². The molecule has 1 atom stereocenters. The summed E-state index contributed by atoms with van der Waals surface area (Å²) in [5.41, 5.74) is 3.26. The van der Waals surface area contributed by atoms with Crippen molar-refractivity contribution in [2.24, 2.45) is 29.8 Å². The lowest BCUT2D eigenvalue weighted by atomic mass is 9.91. The van der Waals surface area contributed by atoms with Crippen molar-refractivity contribution in [2.45, 2.75) is 136 Å². The highest BCUT2D eigenvalue weighted by atomic mass is 35.5. The first kappa shape index (κ1) is 80.1. The molecule has 0 saturated heterocycles. The Kier molecular flexibility index (Phi) is 25.2. The number of oxime groups is 1. The molecular formula is C69H80Cl2F3N9O17S2. The Balaban J connectivity index is 0.000000191. The Morgan fingerprint density at radius 1 is 0.725 bits per heavy atom. The average molecular weight is 1500 g/mol. The van der Waals surface area contributed by atoms with E-state index in [1.807, 2.05) is 20.8 Å². The van der Waals surface area contributed by atoms with Crippen LogP contribution in [-0.4, -0.2) is 148 Å². The standard InChI is InChI=1S/C23H32N2O4.C16H18Cl2N2O4.C16H17N3O5S.C14H13F3N2O4S/c1-7-16-13-15(3)14-17(8-2)18(16)19-20(26)24-9-11-28-12-10-25(24)21(19)29-22(27)23(4,5)6;1-4-23-14(21)12-9-16(3,15(22)24-5-2)20(19-12)13-7-6-10(17)8-11(13)18;1-9-10(15(20)11-8-17-19(2)16(11)21)4-5-13(25(3,22)23)14(9)12-6-7-24-18-12;1-7-11(13(21)19(2)18-7)12(20)9-5-4-8(14(15,16)17)6-10(9)24(3,22)23/h13-14H,7-12H2,1-6H3;6-8H,4-5,9H2,1-3H3;4-5,8,21H,6-7H2,1-3H3;4-6,21H,1-3H3. The van der Waals surface area contributed by atoms with E-state index in [4.69, 9.17) is 47.0 Å². The molecule has 0 amide bonds. The molecule has 3 aromatic heterocycles. The number of hydrogen-bond acceptors (Lipinski definition) is 22. The highest BCUT2D eigenvalue weighted by molar-refractivity contribution is 7.91. The number of ketones is 2. The number of ether oxygens (including phenoxy) is 4. The number of esters is 3. The number of aromatic nitrogens is 6. The first-order chi connectivity index (χ1) is 47.6. The molecule has 0 bridgehead atoms. The Bertz CT molecular complexity index is 4780. The number of fused-ring (bicyclic) bond motifs is 1. The van der Waals surface area contributed by atoms with Crippen LogP contribution in [0.3, 0.4) is 0 Å². The summed E-state index contributed by atoms with van der Waals surface area (Å²) in [4.78, 5) is 80.6. The van der Waals surface area contributed by atoms with Gasteiger partial charge in [0.15, 0.2) is 31.0 Å². The lowest BCUT2D eigenvalue weighted by Gasteiger charge is -2.32.